The molecule has 0 aliphatic carbocycles. The van der Waals surface area contributed by atoms with E-state index < -0.39 is 15.4 Å². The molecule has 0 spiro atoms. The Hall–Kier alpha value is -1.25. The van der Waals surface area contributed by atoms with E-state index in [4.69, 9.17) is 5.14 Å². The lowest BCUT2D eigenvalue weighted by Crippen LogP contribution is -2.34. The number of carbonyl (C=O) groups is 2. The zero-order chi connectivity index (χ0) is 16.0. The maximum atomic E-state index is 12.4. The van der Waals surface area contributed by atoms with Crippen molar-refractivity contribution in [1.29, 1.82) is 0 Å². The number of primary sulfonamides is 1. The summed E-state index contributed by atoms with van der Waals surface area (Å²) >= 11 is 3.20. The molecular weight excluding hydrogens is 360 g/mol. The molecule has 0 aromatic heterocycles. The van der Waals surface area contributed by atoms with Gasteiger partial charge >= 0.3 is 0 Å². The third-order valence-corrected chi connectivity index (χ3v) is 5.33. The molecule has 0 saturated carbocycles. The van der Waals surface area contributed by atoms with Crippen LogP contribution in [0.1, 0.15) is 26.7 Å². The van der Waals surface area contributed by atoms with Gasteiger partial charge in [-0.2, -0.15) is 0 Å². The molecular formula is C13H15BrN2O4S. The van der Waals surface area contributed by atoms with Crippen LogP contribution in [0.4, 0.5) is 5.69 Å². The number of sulfonamides is 1. The van der Waals surface area contributed by atoms with Gasteiger partial charge in [-0.05, 0) is 40.5 Å². The zero-order valence-electron chi connectivity index (χ0n) is 11.6. The molecule has 1 atom stereocenters. The average molecular weight is 375 g/mol. The van der Waals surface area contributed by atoms with Crippen molar-refractivity contribution in [2.24, 2.45) is 10.6 Å². The van der Waals surface area contributed by atoms with Gasteiger partial charge in [0.15, 0.2) is 0 Å². The Morgan fingerprint density at radius 2 is 2.00 bits per heavy atom. The molecule has 6 nitrogen and oxygen atoms in total. The van der Waals surface area contributed by atoms with Gasteiger partial charge in [0.25, 0.3) is 0 Å². The lowest BCUT2D eigenvalue weighted by Gasteiger charge is -2.21. The highest BCUT2D eigenvalue weighted by Crippen LogP contribution is 2.40. The number of amides is 2. The summed E-state index contributed by atoms with van der Waals surface area (Å²) < 4.78 is 22.9. The second-order valence-electron chi connectivity index (χ2n) is 5.28. The zero-order valence-corrected chi connectivity index (χ0v) is 14.0. The average Bonchev–Trinajstić information content (AvgIpc) is 2.60. The highest BCUT2D eigenvalue weighted by Gasteiger charge is 2.48. The standard InChI is InChI=1S/C13H15BrN2O4S/c1-3-13(2)7-11(17)16(12(13)18)10-5-4-8(6-9(10)14)21(15,19)20/h4-6H,3,7H2,1-2H3,(H2,15,19,20). The molecule has 1 unspecified atom stereocenters. The first kappa shape index (κ1) is 16.1. The van der Waals surface area contributed by atoms with Gasteiger partial charge in [0.2, 0.25) is 21.8 Å². The van der Waals surface area contributed by atoms with Gasteiger partial charge in [0.05, 0.1) is 16.0 Å². The third kappa shape index (κ3) is 2.75. The first-order valence-corrected chi connectivity index (χ1v) is 8.64. The van der Waals surface area contributed by atoms with E-state index in [2.05, 4.69) is 15.9 Å². The summed E-state index contributed by atoms with van der Waals surface area (Å²) in [6.45, 7) is 3.60. The third-order valence-electron chi connectivity index (χ3n) is 3.78. The molecule has 1 fully saturated rings. The normalized spacial score (nSPS) is 23.0. The van der Waals surface area contributed by atoms with E-state index in [-0.39, 0.29) is 23.1 Å². The predicted octanol–water partition coefficient (Wildman–Crippen LogP) is 1.78. The van der Waals surface area contributed by atoms with E-state index in [1.807, 2.05) is 6.92 Å². The monoisotopic (exact) mass is 374 g/mol. The molecule has 21 heavy (non-hydrogen) atoms. The summed E-state index contributed by atoms with van der Waals surface area (Å²) in [6, 6.07) is 3.96. The number of carbonyl (C=O) groups excluding carboxylic acids is 2. The van der Waals surface area contributed by atoms with Crippen molar-refractivity contribution in [3.05, 3.63) is 22.7 Å². The van der Waals surface area contributed by atoms with Crippen molar-refractivity contribution >= 4 is 43.5 Å². The number of nitrogens with two attached hydrogens (primary N) is 1. The Labute approximate surface area is 131 Å². The van der Waals surface area contributed by atoms with Gasteiger partial charge in [-0.1, -0.05) is 13.8 Å². The van der Waals surface area contributed by atoms with Crippen molar-refractivity contribution < 1.29 is 18.0 Å². The Bertz CT molecular complexity index is 732. The van der Waals surface area contributed by atoms with E-state index in [1.165, 1.54) is 18.2 Å². The first-order valence-electron chi connectivity index (χ1n) is 6.30. The highest BCUT2D eigenvalue weighted by molar-refractivity contribution is 9.10. The van der Waals surface area contributed by atoms with Crippen LogP contribution in [0.5, 0.6) is 0 Å². The van der Waals surface area contributed by atoms with Crippen LogP contribution < -0.4 is 10.0 Å². The van der Waals surface area contributed by atoms with Crippen LogP contribution in [0.25, 0.3) is 0 Å². The molecule has 1 aliphatic rings. The van der Waals surface area contributed by atoms with Crippen LogP contribution in [0.2, 0.25) is 0 Å². The van der Waals surface area contributed by atoms with Gasteiger partial charge in [0.1, 0.15) is 0 Å². The minimum atomic E-state index is -3.84. The number of hydrogen-bond donors (Lipinski definition) is 1. The van der Waals surface area contributed by atoms with Crippen LogP contribution in [0.15, 0.2) is 27.6 Å². The number of halogens is 1. The first-order chi connectivity index (χ1) is 9.60. The number of anilines is 1. The van der Waals surface area contributed by atoms with Gasteiger partial charge < -0.3 is 0 Å². The molecule has 1 aromatic carbocycles. The van der Waals surface area contributed by atoms with Crippen LogP contribution >= 0.6 is 15.9 Å². The number of imide groups is 1. The summed E-state index contributed by atoms with van der Waals surface area (Å²) in [5, 5.41) is 5.05. The number of hydrogen-bond acceptors (Lipinski definition) is 4. The smallest absolute Gasteiger partial charge is 0.240 e. The summed E-state index contributed by atoms with van der Waals surface area (Å²) in [5.74, 6) is -0.576. The highest BCUT2D eigenvalue weighted by atomic mass is 79.9. The fourth-order valence-corrected chi connectivity index (χ4v) is 3.49. The second kappa shape index (κ2) is 5.19. The topological polar surface area (TPSA) is 97.5 Å². The van der Waals surface area contributed by atoms with Gasteiger partial charge in [-0.3, -0.25) is 9.59 Å². The number of rotatable bonds is 3. The number of nitrogens with zero attached hydrogens (tertiary/aromatic N) is 1. The van der Waals surface area contributed by atoms with E-state index in [0.29, 0.717) is 16.6 Å². The SMILES string of the molecule is CCC1(C)CC(=O)N(c2ccc(S(N)(=O)=O)cc2Br)C1=O. The van der Waals surface area contributed by atoms with E-state index >= 15 is 0 Å². The summed E-state index contributed by atoms with van der Waals surface area (Å²) in [7, 11) is -3.84. The minimum absolute atomic E-state index is 0.0875. The van der Waals surface area contributed by atoms with Crippen LogP contribution in [-0.2, 0) is 19.6 Å². The quantitative estimate of drug-likeness (QED) is 0.815. The van der Waals surface area contributed by atoms with Gasteiger partial charge in [-0.25, -0.2) is 18.5 Å². The molecule has 2 rings (SSSR count). The van der Waals surface area contributed by atoms with Crippen molar-refractivity contribution in [3.8, 4) is 0 Å². The molecule has 0 radical (unpaired) electrons. The van der Waals surface area contributed by atoms with Crippen LogP contribution in [-0.4, -0.2) is 20.2 Å². The second-order valence-corrected chi connectivity index (χ2v) is 7.70. The van der Waals surface area contributed by atoms with Crippen molar-refractivity contribution in [2.75, 3.05) is 4.90 Å². The molecule has 114 valence electrons. The summed E-state index contributed by atoms with van der Waals surface area (Å²) in [5.41, 5.74) is -0.385. The largest absolute Gasteiger partial charge is 0.274 e. The van der Waals surface area contributed by atoms with Crippen LogP contribution in [0.3, 0.4) is 0 Å². The van der Waals surface area contributed by atoms with Crippen molar-refractivity contribution in [1.82, 2.24) is 0 Å². The Morgan fingerprint density at radius 1 is 1.38 bits per heavy atom. The fraction of sp³-hybridized carbons (Fsp3) is 0.385. The molecule has 2 amide bonds. The Balaban J connectivity index is 2.49. The molecule has 1 aliphatic heterocycles. The minimum Gasteiger partial charge on any atom is -0.274 e. The summed E-state index contributed by atoms with van der Waals surface area (Å²) in [4.78, 5) is 25.6. The van der Waals surface area contributed by atoms with Crippen molar-refractivity contribution in [3.63, 3.8) is 0 Å². The Kier molecular flexibility index (Phi) is 3.98. The molecule has 1 saturated heterocycles. The van der Waals surface area contributed by atoms with Crippen LogP contribution in [0, 0.1) is 5.41 Å². The van der Waals surface area contributed by atoms with E-state index in [1.54, 1.807) is 6.92 Å². The van der Waals surface area contributed by atoms with Gasteiger partial charge in [0, 0.05) is 10.9 Å². The predicted molar refractivity (Wildman–Crippen MR) is 81.0 cm³/mol. The fourth-order valence-electron chi connectivity index (χ4n) is 2.24. The van der Waals surface area contributed by atoms with E-state index in [0.717, 1.165) is 4.90 Å². The van der Waals surface area contributed by atoms with Gasteiger partial charge in [-0.15, -0.1) is 0 Å². The molecule has 2 N–H and O–H groups in total. The molecule has 8 heteroatoms. The lowest BCUT2D eigenvalue weighted by molar-refractivity contribution is -0.125. The lowest BCUT2D eigenvalue weighted by atomic mass is 9.86. The van der Waals surface area contributed by atoms with E-state index in [9.17, 15) is 18.0 Å². The van der Waals surface area contributed by atoms with Crippen molar-refractivity contribution in [2.45, 2.75) is 31.6 Å². The number of benzene rings is 1. The molecule has 0 bridgehead atoms. The molecule has 1 aromatic rings. The summed E-state index contributed by atoms with van der Waals surface area (Å²) in [6.07, 6.45) is 0.701. The maximum absolute atomic E-state index is 12.4. The molecule has 1 heterocycles. The Morgan fingerprint density at radius 3 is 2.43 bits per heavy atom. The maximum Gasteiger partial charge on any atom is 0.240 e.